The Labute approximate surface area is 118 Å². The third-order valence-electron chi connectivity index (χ3n) is 2.33. The number of hydrogen-bond acceptors (Lipinski definition) is 5. The summed E-state index contributed by atoms with van der Waals surface area (Å²) in [5.41, 5.74) is -0.521. The lowest BCUT2D eigenvalue weighted by molar-refractivity contribution is 0.603. The van der Waals surface area contributed by atoms with Crippen molar-refractivity contribution in [3.8, 4) is 12.1 Å². The van der Waals surface area contributed by atoms with E-state index in [1.54, 1.807) is 6.07 Å². The summed E-state index contributed by atoms with van der Waals surface area (Å²) in [7, 11) is -3.95. The second-order valence-electron chi connectivity index (χ2n) is 3.61. The Hall–Kier alpha value is -2.42. The summed E-state index contributed by atoms with van der Waals surface area (Å²) in [5.74, 6) is -0.809. The van der Waals surface area contributed by atoms with Gasteiger partial charge in [-0.05, 0) is 24.3 Å². The highest BCUT2D eigenvalue weighted by Gasteiger charge is 2.19. The Morgan fingerprint density at radius 1 is 1.15 bits per heavy atom. The molecule has 0 unspecified atom stereocenters. The van der Waals surface area contributed by atoms with E-state index in [1.807, 2.05) is 6.07 Å². The Morgan fingerprint density at radius 3 is 2.50 bits per heavy atom. The van der Waals surface area contributed by atoms with Crippen LogP contribution in [0.25, 0.3) is 0 Å². The van der Waals surface area contributed by atoms with Crippen LogP contribution in [-0.2, 0) is 10.0 Å². The lowest BCUT2D eigenvalue weighted by Crippen LogP contribution is -2.12. The standard InChI is InChI=1S/C12H6FN3O2S2/c13-10-2-1-3-11(9(10)7-15)16-20(17,18)12-5-4-8(6-14)19-12/h1-5,16H. The van der Waals surface area contributed by atoms with Crippen molar-refractivity contribution in [3.63, 3.8) is 0 Å². The maximum Gasteiger partial charge on any atom is 0.271 e. The van der Waals surface area contributed by atoms with Crippen LogP contribution >= 0.6 is 11.3 Å². The predicted octanol–water partition coefficient (Wildman–Crippen LogP) is 2.43. The summed E-state index contributed by atoms with van der Waals surface area (Å²) in [6.45, 7) is 0. The van der Waals surface area contributed by atoms with Crippen LogP contribution in [0.2, 0.25) is 0 Å². The number of thiophene rings is 1. The summed E-state index contributed by atoms with van der Waals surface area (Å²) in [5, 5.41) is 17.5. The molecule has 0 amide bonds. The lowest BCUT2D eigenvalue weighted by atomic mass is 10.2. The number of hydrogen-bond donors (Lipinski definition) is 1. The van der Waals surface area contributed by atoms with Crippen molar-refractivity contribution in [1.29, 1.82) is 10.5 Å². The first kappa shape index (κ1) is 14.0. The van der Waals surface area contributed by atoms with Gasteiger partial charge in [-0.15, -0.1) is 11.3 Å². The Kier molecular flexibility index (Phi) is 3.70. The van der Waals surface area contributed by atoms with Crippen LogP contribution in [0.1, 0.15) is 10.4 Å². The quantitative estimate of drug-likeness (QED) is 0.942. The van der Waals surface area contributed by atoms with Gasteiger partial charge in [0.05, 0.1) is 5.69 Å². The van der Waals surface area contributed by atoms with Crippen molar-refractivity contribution < 1.29 is 12.8 Å². The maximum absolute atomic E-state index is 13.4. The number of anilines is 1. The van der Waals surface area contributed by atoms with Gasteiger partial charge in [0.1, 0.15) is 32.6 Å². The molecule has 0 bridgehead atoms. The van der Waals surface area contributed by atoms with Gasteiger partial charge in [-0.1, -0.05) is 6.07 Å². The first-order chi connectivity index (χ1) is 9.47. The average molecular weight is 307 g/mol. The van der Waals surface area contributed by atoms with Gasteiger partial charge in [0, 0.05) is 0 Å². The Morgan fingerprint density at radius 2 is 1.90 bits per heavy atom. The SMILES string of the molecule is N#Cc1ccc(S(=O)(=O)Nc2cccc(F)c2C#N)s1. The minimum absolute atomic E-state index is 0.0813. The smallest absolute Gasteiger partial charge is 0.271 e. The van der Waals surface area contributed by atoms with Crippen LogP contribution in [0.4, 0.5) is 10.1 Å². The van der Waals surface area contributed by atoms with E-state index < -0.39 is 15.8 Å². The van der Waals surface area contributed by atoms with E-state index in [1.165, 1.54) is 24.3 Å². The van der Waals surface area contributed by atoms with Crippen LogP contribution in [0.3, 0.4) is 0 Å². The van der Waals surface area contributed by atoms with Crippen molar-refractivity contribution in [2.75, 3.05) is 4.72 Å². The fraction of sp³-hybridized carbons (Fsp3) is 0. The van der Waals surface area contributed by atoms with Crippen LogP contribution in [0.15, 0.2) is 34.5 Å². The second-order valence-corrected chi connectivity index (χ2v) is 6.60. The molecule has 20 heavy (non-hydrogen) atoms. The first-order valence-corrected chi connectivity index (χ1v) is 7.49. The van der Waals surface area contributed by atoms with Crippen LogP contribution < -0.4 is 4.72 Å². The van der Waals surface area contributed by atoms with Crippen LogP contribution in [0, 0.1) is 28.5 Å². The van der Waals surface area contributed by atoms with Gasteiger partial charge < -0.3 is 0 Å². The molecule has 0 atom stereocenters. The predicted molar refractivity (Wildman–Crippen MR) is 71.0 cm³/mol. The number of rotatable bonds is 3. The Bertz CT molecular complexity index is 844. The second kappa shape index (κ2) is 5.29. The minimum Gasteiger partial charge on any atom is -0.278 e. The van der Waals surface area contributed by atoms with Crippen LogP contribution in [0.5, 0.6) is 0 Å². The zero-order chi connectivity index (χ0) is 14.8. The molecule has 1 N–H and O–H groups in total. The molecule has 0 aliphatic rings. The molecule has 0 fully saturated rings. The molecule has 0 aliphatic heterocycles. The molecular formula is C12H6FN3O2S2. The number of sulfonamides is 1. The van der Waals surface area contributed by atoms with Crippen molar-refractivity contribution in [1.82, 2.24) is 0 Å². The molecule has 1 aromatic carbocycles. The van der Waals surface area contributed by atoms with Gasteiger partial charge in [0.2, 0.25) is 0 Å². The van der Waals surface area contributed by atoms with Gasteiger partial charge in [-0.25, -0.2) is 12.8 Å². The third-order valence-corrected chi connectivity index (χ3v) is 5.17. The van der Waals surface area contributed by atoms with Crippen molar-refractivity contribution in [2.45, 2.75) is 4.21 Å². The molecule has 8 heteroatoms. The van der Waals surface area contributed by atoms with Crippen molar-refractivity contribution >= 4 is 27.0 Å². The largest absolute Gasteiger partial charge is 0.278 e. The molecule has 2 aromatic rings. The highest BCUT2D eigenvalue weighted by atomic mass is 32.2. The topological polar surface area (TPSA) is 93.8 Å². The molecule has 1 heterocycles. The number of nitrogens with one attached hydrogen (secondary N) is 1. The molecule has 0 saturated carbocycles. The van der Waals surface area contributed by atoms with E-state index in [2.05, 4.69) is 4.72 Å². The molecule has 0 aliphatic carbocycles. The van der Waals surface area contributed by atoms with E-state index in [0.717, 1.165) is 17.4 Å². The van der Waals surface area contributed by atoms with Gasteiger partial charge in [0.15, 0.2) is 0 Å². The molecule has 1 aromatic heterocycles. The van der Waals surface area contributed by atoms with Gasteiger partial charge in [0.25, 0.3) is 10.0 Å². The van der Waals surface area contributed by atoms with Gasteiger partial charge in [-0.2, -0.15) is 10.5 Å². The van der Waals surface area contributed by atoms with Crippen molar-refractivity contribution in [3.05, 3.63) is 46.6 Å². The fourth-order valence-corrected chi connectivity index (χ4v) is 3.62. The number of halogens is 1. The molecule has 100 valence electrons. The normalized spacial score (nSPS) is 10.6. The van der Waals surface area contributed by atoms with Gasteiger partial charge in [-0.3, -0.25) is 4.72 Å². The lowest BCUT2D eigenvalue weighted by Gasteiger charge is -2.08. The summed E-state index contributed by atoms with van der Waals surface area (Å²) >= 11 is 0.788. The van der Waals surface area contributed by atoms with E-state index in [9.17, 15) is 12.8 Å². The highest BCUT2D eigenvalue weighted by Crippen LogP contribution is 2.25. The van der Waals surface area contributed by atoms with E-state index in [0.29, 0.717) is 0 Å². The number of nitriles is 2. The molecule has 0 radical (unpaired) electrons. The minimum atomic E-state index is -3.95. The maximum atomic E-state index is 13.4. The molecule has 5 nitrogen and oxygen atoms in total. The van der Waals surface area contributed by atoms with E-state index in [-0.39, 0.29) is 20.3 Å². The highest BCUT2D eigenvalue weighted by molar-refractivity contribution is 7.94. The third kappa shape index (κ3) is 2.62. The molecule has 0 saturated heterocycles. The zero-order valence-corrected chi connectivity index (χ0v) is 11.4. The van der Waals surface area contributed by atoms with Crippen LogP contribution in [-0.4, -0.2) is 8.42 Å². The fourth-order valence-electron chi connectivity index (χ4n) is 1.44. The number of benzene rings is 1. The summed E-state index contributed by atoms with van der Waals surface area (Å²) in [6.07, 6.45) is 0. The van der Waals surface area contributed by atoms with E-state index >= 15 is 0 Å². The molecule has 2 rings (SSSR count). The van der Waals surface area contributed by atoms with Gasteiger partial charge >= 0.3 is 0 Å². The molecular weight excluding hydrogens is 301 g/mol. The first-order valence-electron chi connectivity index (χ1n) is 5.19. The summed E-state index contributed by atoms with van der Waals surface area (Å²) in [4.78, 5) is 0.241. The summed E-state index contributed by atoms with van der Waals surface area (Å²) in [6, 6.07) is 9.73. The molecule has 0 spiro atoms. The van der Waals surface area contributed by atoms with E-state index in [4.69, 9.17) is 10.5 Å². The zero-order valence-electron chi connectivity index (χ0n) is 9.79. The van der Waals surface area contributed by atoms with Crippen molar-refractivity contribution in [2.24, 2.45) is 0 Å². The monoisotopic (exact) mass is 307 g/mol. The summed E-state index contributed by atoms with van der Waals surface area (Å²) < 4.78 is 39.6. The average Bonchev–Trinajstić information content (AvgIpc) is 2.88. The Balaban J connectivity index is 2.42. The number of nitrogens with zero attached hydrogens (tertiary/aromatic N) is 2.